The lowest BCUT2D eigenvalue weighted by molar-refractivity contribution is -0.384. The van der Waals surface area contributed by atoms with Gasteiger partial charge in [0.1, 0.15) is 0 Å². The van der Waals surface area contributed by atoms with Crippen LogP contribution >= 0.6 is 23.8 Å². The zero-order valence-electron chi connectivity index (χ0n) is 15.1. The molecular weight excluding hydrogens is 416 g/mol. The van der Waals surface area contributed by atoms with Crippen molar-refractivity contribution in [3.63, 3.8) is 0 Å². The third-order valence-corrected chi connectivity index (χ3v) is 4.60. The summed E-state index contributed by atoms with van der Waals surface area (Å²) in [6.07, 6.45) is 0.727. The van der Waals surface area contributed by atoms with Crippen LogP contribution in [0, 0.1) is 10.1 Å². The Morgan fingerprint density at radius 3 is 2.69 bits per heavy atom. The van der Waals surface area contributed by atoms with Gasteiger partial charge < -0.3 is 16.0 Å². The number of nitrogens with zero attached hydrogens (tertiary/aromatic N) is 2. The number of rotatable bonds is 7. The molecule has 0 bridgehead atoms. The van der Waals surface area contributed by atoms with Gasteiger partial charge in [-0.3, -0.25) is 14.9 Å². The average molecular weight is 433 g/mol. The standard InChI is InChI=1S/C18H17ClN6O3S/c19-14-10-11(25(27)28)6-7-15(14)22-18(29)21-9-3-8-20-16-12-4-1-2-5-13(12)17(26)24-23-16/h1-2,4-7,10H,3,8-9H2,(H,20,23)(H,24,26)(H2,21,22,29). The molecule has 0 fully saturated rings. The monoisotopic (exact) mass is 432 g/mol. The van der Waals surface area contributed by atoms with Crippen molar-refractivity contribution < 1.29 is 4.92 Å². The second-order valence-corrected chi connectivity index (χ2v) is 6.84. The molecule has 11 heteroatoms. The Hall–Kier alpha value is -3.24. The van der Waals surface area contributed by atoms with Crippen molar-refractivity contribution in [1.82, 2.24) is 15.5 Å². The summed E-state index contributed by atoms with van der Waals surface area (Å²) in [6, 6.07) is 11.4. The molecule has 150 valence electrons. The van der Waals surface area contributed by atoms with Crippen molar-refractivity contribution in [2.24, 2.45) is 0 Å². The maximum atomic E-state index is 11.8. The highest BCUT2D eigenvalue weighted by Gasteiger charge is 2.10. The van der Waals surface area contributed by atoms with Gasteiger partial charge in [-0.25, -0.2) is 5.10 Å². The number of non-ortho nitro benzene ring substituents is 1. The SMILES string of the molecule is O=c1[nH]nc(NCCCNC(=S)Nc2ccc([N+](=O)[O-])cc2Cl)c2ccccc12. The average Bonchev–Trinajstić information content (AvgIpc) is 2.71. The zero-order valence-corrected chi connectivity index (χ0v) is 16.6. The lowest BCUT2D eigenvalue weighted by Crippen LogP contribution is -2.30. The Morgan fingerprint density at radius 1 is 1.21 bits per heavy atom. The Balaban J connectivity index is 1.47. The van der Waals surface area contributed by atoms with Crippen molar-refractivity contribution >= 4 is 56.9 Å². The van der Waals surface area contributed by atoms with E-state index in [1.165, 1.54) is 18.2 Å². The van der Waals surface area contributed by atoms with E-state index in [0.717, 1.165) is 11.8 Å². The van der Waals surface area contributed by atoms with Crippen molar-refractivity contribution in [2.45, 2.75) is 6.42 Å². The number of thiocarbonyl (C=S) groups is 1. The van der Waals surface area contributed by atoms with Crippen LogP contribution in [0.5, 0.6) is 0 Å². The molecule has 0 amide bonds. The molecule has 0 saturated carbocycles. The Kier molecular flexibility index (Phi) is 6.57. The summed E-state index contributed by atoms with van der Waals surface area (Å²) in [5.74, 6) is 0.610. The minimum absolute atomic E-state index is 0.0890. The molecule has 0 saturated heterocycles. The summed E-state index contributed by atoms with van der Waals surface area (Å²) in [5.41, 5.74) is 0.167. The lowest BCUT2D eigenvalue weighted by Gasteiger charge is -2.12. The van der Waals surface area contributed by atoms with Crippen molar-refractivity contribution in [3.05, 3.63) is 68.0 Å². The molecule has 0 spiro atoms. The van der Waals surface area contributed by atoms with Gasteiger partial charge in [0.05, 0.1) is 21.0 Å². The molecule has 0 unspecified atom stereocenters. The molecule has 9 nitrogen and oxygen atoms in total. The van der Waals surface area contributed by atoms with Gasteiger partial charge >= 0.3 is 0 Å². The number of aromatic amines is 1. The number of H-pyrrole nitrogens is 1. The first-order valence-electron chi connectivity index (χ1n) is 8.66. The number of nitrogens with one attached hydrogen (secondary N) is 4. The molecule has 0 aliphatic rings. The second-order valence-electron chi connectivity index (χ2n) is 6.03. The highest BCUT2D eigenvalue weighted by atomic mass is 35.5. The molecule has 2 aromatic carbocycles. The van der Waals surface area contributed by atoms with Gasteiger partial charge in [-0.15, -0.1) is 0 Å². The van der Waals surface area contributed by atoms with Gasteiger partial charge in [-0.2, -0.15) is 5.10 Å². The molecule has 1 heterocycles. The van der Waals surface area contributed by atoms with Crippen molar-refractivity contribution in [2.75, 3.05) is 23.7 Å². The molecule has 0 aliphatic carbocycles. The van der Waals surface area contributed by atoms with E-state index in [1.807, 2.05) is 12.1 Å². The first-order valence-corrected chi connectivity index (χ1v) is 9.44. The molecule has 4 N–H and O–H groups in total. The Labute approximate surface area is 175 Å². The summed E-state index contributed by atoms with van der Waals surface area (Å²) in [7, 11) is 0. The smallest absolute Gasteiger partial charge is 0.272 e. The highest BCUT2D eigenvalue weighted by Crippen LogP contribution is 2.26. The third kappa shape index (κ3) is 5.18. The predicted octanol–water partition coefficient (Wildman–Crippen LogP) is 3.27. The van der Waals surface area contributed by atoms with Gasteiger partial charge in [0.15, 0.2) is 10.9 Å². The minimum Gasteiger partial charge on any atom is -0.368 e. The van der Waals surface area contributed by atoms with Crippen LogP contribution in [-0.2, 0) is 0 Å². The molecule has 0 aliphatic heterocycles. The Bertz CT molecular complexity index is 1120. The number of fused-ring (bicyclic) bond motifs is 1. The van der Waals surface area contributed by atoms with Crippen LogP contribution in [0.1, 0.15) is 6.42 Å². The van der Waals surface area contributed by atoms with E-state index in [2.05, 4.69) is 26.1 Å². The molecule has 1 aromatic heterocycles. The summed E-state index contributed by atoms with van der Waals surface area (Å²) in [5, 5.41) is 28.3. The second kappa shape index (κ2) is 9.30. The van der Waals surface area contributed by atoms with E-state index in [-0.39, 0.29) is 16.3 Å². The zero-order chi connectivity index (χ0) is 20.8. The molecule has 3 rings (SSSR count). The first kappa shape index (κ1) is 20.5. The summed E-state index contributed by atoms with van der Waals surface area (Å²) >= 11 is 11.2. The maximum absolute atomic E-state index is 11.8. The van der Waals surface area contributed by atoms with E-state index >= 15 is 0 Å². The Morgan fingerprint density at radius 2 is 1.97 bits per heavy atom. The number of benzene rings is 2. The fraction of sp³-hybridized carbons (Fsp3) is 0.167. The number of aromatic nitrogens is 2. The fourth-order valence-corrected chi connectivity index (χ4v) is 3.07. The van der Waals surface area contributed by atoms with Crippen LogP contribution in [0.2, 0.25) is 5.02 Å². The third-order valence-electron chi connectivity index (χ3n) is 4.04. The van der Waals surface area contributed by atoms with Crippen LogP contribution < -0.4 is 21.5 Å². The number of anilines is 2. The van der Waals surface area contributed by atoms with Gasteiger partial charge in [0.2, 0.25) is 0 Å². The quantitative estimate of drug-likeness (QED) is 0.194. The summed E-state index contributed by atoms with van der Waals surface area (Å²) in [4.78, 5) is 22.0. The van der Waals surface area contributed by atoms with E-state index in [1.54, 1.807) is 12.1 Å². The summed E-state index contributed by atoms with van der Waals surface area (Å²) < 4.78 is 0. The molecule has 3 aromatic rings. The maximum Gasteiger partial charge on any atom is 0.272 e. The normalized spacial score (nSPS) is 10.5. The number of nitro groups is 1. The first-order chi connectivity index (χ1) is 14.0. The van der Waals surface area contributed by atoms with Crippen LogP contribution in [-0.4, -0.2) is 33.3 Å². The van der Waals surface area contributed by atoms with Gasteiger partial charge in [-0.05, 0) is 30.8 Å². The van der Waals surface area contributed by atoms with E-state index < -0.39 is 4.92 Å². The minimum atomic E-state index is -0.514. The van der Waals surface area contributed by atoms with Crippen molar-refractivity contribution in [3.8, 4) is 0 Å². The molecule has 0 radical (unpaired) electrons. The van der Waals surface area contributed by atoms with Crippen LogP contribution in [0.3, 0.4) is 0 Å². The molecule has 29 heavy (non-hydrogen) atoms. The lowest BCUT2D eigenvalue weighted by atomic mass is 10.2. The van der Waals surface area contributed by atoms with Crippen LogP contribution in [0.25, 0.3) is 10.8 Å². The molecular formula is C18H17ClN6O3S. The molecule has 0 atom stereocenters. The fourth-order valence-electron chi connectivity index (χ4n) is 2.63. The van der Waals surface area contributed by atoms with Gasteiger partial charge in [0.25, 0.3) is 11.2 Å². The van der Waals surface area contributed by atoms with E-state index in [4.69, 9.17) is 23.8 Å². The van der Waals surface area contributed by atoms with E-state index in [9.17, 15) is 14.9 Å². The highest BCUT2D eigenvalue weighted by molar-refractivity contribution is 7.80. The van der Waals surface area contributed by atoms with Crippen molar-refractivity contribution in [1.29, 1.82) is 0 Å². The summed E-state index contributed by atoms with van der Waals surface area (Å²) in [6.45, 7) is 1.18. The topological polar surface area (TPSA) is 125 Å². The van der Waals surface area contributed by atoms with Crippen LogP contribution in [0.4, 0.5) is 17.2 Å². The van der Waals surface area contributed by atoms with E-state index in [0.29, 0.717) is 35.1 Å². The predicted molar refractivity (Wildman–Crippen MR) is 118 cm³/mol. The number of hydrogen-bond donors (Lipinski definition) is 4. The number of nitro benzene ring substituents is 1. The van der Waals surface area contributed by atoms with Gasteiger partial charge in [-0.1, -0.05) is 29.8 Å². The number of hydrogen-bond acceptors (Lipinski definition) is 6. The number of halogens is 1. The largest absolute Gasteiger partial charge is 0.368 e. The van der Waals surface area contributed by atoms with Crippen LogP contribution in [0.15, 0.2) is 47.3 Å². The van der Waals surface area contributed by atoms with Gasteiger partial charge in [0, 0.05) is 30.6 Å².